The number of rotatable bonds is 4. The van der Waals surface area contributed by atoms with E-state index in [2.05, 4.69) is 34.8 Å². The summed E-state index contributed by atoms with van der Waals surface area (Å²) in [5, 5.41) is 5.58. The van der Waals surface area contributed by atoms with E-state index in [4.69, 9.17) is 0 Å². The summed E-state index contributed by atoms with van der Waals surface area (Å²) in [6.07, 6.45) is 3.27. The van der Waals surface area contributed by atoms with E-state index in [9.17, 15) is 0 Å². The number of aryl methyl sites for hydroxylation is 3. The van der Waals surface area contributed by atoms with Crippen molar-refractivity contribution >= 4 is 22.7 Å². The predicted octanol–water partition coefficient (Wildman–Crippen LogP) is 3.55. The Labute approximate surface area is 92.4 Å². The Morgan fingerprint density at radius 3 is 2.86 bits per heavy atom. The van der Waals surface area contributed by atoms with Crippen LogP contribution in [0.15, 0.2) is 22.9 Å². The van der Waals surface area contributed by atoms with Crippen LogP contribution in [0.4, 0.5) is 0 Å². The first kappa shape index (κ1) is 9.87. The molecule has 0 unspecified atom stereocenters. The van der Waals surface area contributed by atoms with Crippen LogP contribution in [-0.4, -0.2) is 4.98 Å². The molecule has 0 aliphatic rings. The molecule has 14 heavy (non-hydrogen) atoms. The van der Waals surface area contributed by atoms with Crippen LogP contribution in [0.3, 0.4) is 0 Å². The molecule has 0 aliphatic carbocycles. The largest absolute Gasteiger partial charge is 0.246 e. The summed E-state index contributed by atoms with van der Waals surface area (Å²) in [7, 11) is 0. The summed E-state index contributed by atoms with van der Waals surface area (Å²) >= 11 is 3.61. The number of thiophene rings is 1. The highest BCUT2D eigenvalue weighted by Crippen LogP contribution is 2.15. The standard InChI is InChI=1S/C11H13NS2/c1-2-11-12-9(8-14-11)5-6-10-4-3-7-13-10/h3-4,7-8H,2,5-6H2,1H3. The number of hydrogen-bond acceptors (Lipinski definition) is 3. The van der Waals surface area contributed by atoms with Gasteiger partial charge in [0.25, 0.3) is 0 Å². The zero-order valence-corrected chi connectivity index (χ0v) is 9.83. The van der Waals surface area contributed by atoms with Crippen molar-refractivity contribution in [2.75, 3.05) is 0 Å². The van der Waals surface area contributed by atoms with E-state index in [0.29, 0.717) is 0 Å². The molecule has 2 aromatic heterocycles. The SMILES string of the molecule is CCc1nc(CCc2cccs2)cs1. The van der Waals surface area contributed by atoms with Gasteiger partial charge in [-0.1, -0.05) is 13.0 Å². The van der Waals surface area contributed by atoms with Crippen LogP contribution >= 0.6 is 22.7 Å². The zero-order valence-electron chi connectivity index (χ0n) is 8.19. The van der Waals surface area contributed by atoms with E-state index in [1.54, 1.807) is 11.3 Å². The molecular weight excluding hydrogens is 210 g/mol. The maximum absolute atomic E-state index is 4.55. The fraction of sp³-hybridized carbons (Fsp3) is 0.364. The molecule has 74 valence electrons. The maximum Gasteiger partial charge on any atom is 0.0925 e. The highest BCUT2D eigenvalue weighted by atomic mass is 32.1. The van der Waals surface area contributed by atoms with E-state index in [0.717, 1.165) is 19.3 Å². The van der Waals surface area contributed by atoms with Gasteiger partial charge < -0.3 is 0 Å². The van der Waals surface area contributed by atoms with E-state index in [1.165, 1.54) is 15.6 Å². The van der Waals surface area contributed by atoms with Crippen LogP contribution in [0, 0.1) is 0 Å². The van der Waals surface area contributed by atoms with E-state index in [1.807, 2.05) is 11.3 Å². The van der Waals surface area contributed by atoms with Crippen LogP contribution < -0.4 is 0 Å². The van der Waals surface area contributed by atoms with Crippen LogP contribution in [0.25, 0.3) is 0 Å². The number of aromatic nitrogens is 1. The Morgan fingerprint density at radius 1 is 1.29 bits per heavy atom. The molecule has 0 aromatic carbocycles. The van der Waals surface area contributed by atoms with Gasteiger partial charge in [0.05, 0.1) is 10.7 Å². The third kappa shape index (κ3) is 2.42. The van der Waals surface area contributed by atoms with Crippen LogP contribution in [0.5, 0.6) is 0 Å². The predicted molar refractivity (Wildman–Crippen MR) is 63.2 cm³/mol. The molecule has 0 bridgehead atoms. The molecule has 0 atom stereocenters. The maximum atomic E-state index is 4.55. The molecule has 2 aromatic rings. The Bertz CT molecular complexity index is 376. The molecule has 0 spiro atoms. The highest BCUT2D eigenvalue weighted by Gasteiger charge is 2.01. The van der Waals surface area contributed by atoms with Gasteiger partial charge in [0.2, 0.25) is 0 Å². The molecule has 0 radical (unpaired) electrons. The van der Waals surface area contributed by atoms with Crippen molar-refractivity contribution < 1.29 is 0 Å². The number of hydrogen-bond donors (Lipinski definition) is 0. The van der Waals surface area contributed by atoms with Crippen molar-refractivity contribution in [1.82, 2.24) is 4.98 Å². The Kier molecular flexibility index (Phi) is 3.32. The molecule has 0 saturated carbocycles. The molecule has 0 saturated heterocycles. The molecule has 1 nitrogen and oxygen atoms in total. The van der Waals surface area contributed by atoms with Gasteiger partial charge in [-0.25, -0.2) is 4.98 Å². The minimum Gasteiger partial charge on any atom is -0.246 e. The van der Waals surface area contributed by atoms with Crippen molar-refractivity contribution in [2.24, 2.45) is 0 Å². The van der Waals surface area contributed by atoms with Gasteiger partial charge in [-0.2, -0.15) is 0 Å². The summed E-state index contributed by atoms with van der Waals surface area (Å²) in [6.45, 7) is 2.15. The average Bonchev–Trinajstić information content (AvgIpc) is 2.86. The van der Waals surface area contributed by atoms with Crippen LogP contribution in [0.2, 0.25) is 0 Å². The van der Waals surface area contributed by atoms with Gasteiger partial charge in [0.15, 0.2) is 0 Å². The lowest BCUT2D eigenvalue weighted by molar-refractivity contribution is 0.923. The number of thiazole rings is 1. The lowest BCUT2D eigenvalue weighted by atomic mass is 10.2. The van der Waals surface area contributed by atoms with Crippen LogP contribution in [-0.2, 0) is 19.3 Å². The summed E-state index contributed by atoms with van der Waals surface area (Å²) in [4.78, 5) is 6.01. The molecule has 3 heteroatoms. The average molecular weight is 223 g/mol. The smallest absolute Gasteiger partial charge is 0.0925 e. The minimum atomic E-state index is 1.06. The summed E-state index contributed by atoms with van der Waals surface area (Å²) in [5.74, 6) is 0. The van der Waals surface area contributed by atoms with Crippen LogP contribution in [0.1, 0.15) is 22.5 Å². The first-order valence-corrected chi connectivity index (χ1v) is 6.60. The number of nitrogens with zero attached hydrogens (tertiary/aromatic N) is 1. The molecule has 0 amide bonds. The third-order valence-electron chi connectivity index (χ3n) is 2.11. The fourth-order valence-corrected chi connectivity index (χ4v) is 2.82. The van der Waals surface area contributed by atoms with E-state index >= 15 is 0 Å². The van der Waals surface area contributed by atoms with Crippen molar-refractivity contribution in [2.45, 2.75) is 26.2 Å². The Hall–Kier alpha value is -0.670. The van der Waals surface area contributed by atoms with Crippen molar-refractivity contribution in [3.05, 3.63) is 38.5 Å². The highest BCUT2D eigenvalue weighted by molar-refractivity contribution is 7.10. The molecule has 0 aliphatic heterocycles. The quantitative estimate of drug-likeness (QED) is 0.772. The summed E-state index contributed by atoms with van der Waals surface area (Å²) in [6, 6.07) is 4.30. The van der Waals surface area contributed by atoms with Gasteiger partial charge in [0, 0.05) is 10.3 Å². The summed E-state index contributed by atoms with van der Waals surface area (Å²) < 4.78 is 0. The Balaban J connectivity index is 1.92. The second kappa shape index (κ2) is 4.71. The molecule has 2 heterocycles. The van der Waals surface area contributed by atoms with Crippen molar-refractivity contribution in [1.29, 1.82) is 0 Å². The van der Waals surface area contributed by atoms with Gasteiger partial charge in [-0.05, 0) is 30.7 Å². The fourth-order valence-electron chi connectivity index (χ4n) is 1.33. The lowest BCUT2D eigenvalue weighted by Gasteiger charge is -1.93. The lowest BCUT2D eigenvalue weighted by Crippen LogP contribution is -1.89. The molecule has 0 fully saturated rings. The second-order valence-electron chi connectivity index (χ2n) is 3.17. The van der Waals surface area contributed by atoms with Crippen molar-refractivity contribution in [3.63, 3.8) is 0 Å². The Morgan fingerprint density at radius 2 is 2.21 bits per heavy atom. The van der Waals surface area contributed by atoms with E-state index in [-0.39, 0.29) is 0 Å². The van der Waals surface area contributed by atoms with Gasteiger partial charge in [-0.15, -0.1) is 22.7 Å². The second-order valence-corrected chi connectivity index (χ2v) is 5.14. The monoisotopic (exact) mass is 223 g/mol. The third-order valence-corrected chi connectivity index (χ3v) is 4.09. The van der Waals surface area contributed by atoms with Gasteiger partial charge >= 0.3 is 0 Å². The van der Waals surface area contributed by atoms with Gasteiger partial charge in [0.1, 0.15) is 0 Å². The topological polar surface area (TPSA) is 12.9 Å². The van der Waals surface area contributed by atoms with Gasteiger partial charge in [-0.3, -0.25) is 0 Å². The molecular formula is C11H13NS2. The molecule has 0 N–H and O–H groups in total. The minimum absolute atomic E-state index is 1.06. The van der Waals surface area contributed by atoms with Crippen molar-refractivity contribution in [3.8, 4) is 0 Å². The zero-order chi connectivity index (χ0) is 9.80. The first-order valence-electron chi connectivity index (χ1n) is 4.84. The van der Waals surface area contributed by atoms with E-state index < -0.39 is 0 Å². The molecule has 2 rings (SSSR count). The normalized spacial score (nSPS) is 10.6. The first-order chi connectivity index (χ1) is 6.88. The summed E-state index contributed by atoms with van der Waals surface area (Å²) in [5.41, 5.74) is 1.25.